The molecule has 2 aliphatic rings. The SMILES string of the molecule is CC(C)(C)OC(=O)N1CCc2nc(N3CC(Cl)CC3=O)ncc2C1. The Hall–Kier alpha value is -1.89. The number of nitrogens with zero attached hydrogens (tertiary/aromatic N) is 4. The van der Waals surface area contributed by atoms with Crippen molar-refractivity contribution in [1.29, 1.82) is 0 Å². The van der Waals surface area contributed by atoms with Gasteiger partial charge in [0.25, 0.3) is 0 Å². The second-order valence-electron chi connectivity index (χ2n) is 7.10. The van der Waals surface area contributed by atoms with Gasteiger partial charge in [-0.2, -0.15) is 0 Å². The highest BCUT2D eigenvalue weighted by Gasteiger charge is 2.32. The largest absolute Gasteiger partial charge is 0.444 e. The minimum absolute atomic E-state index is 0.0545. The molecular formula is C16H21ClN4O3. The van der Waals surface area contributed by atoms with Gasteiger partial charge in [-0.15, -0.1) is 11.6 Å². The highest BCUT2D eigenvalue weighted by molar-refractivity contribution is 6.24. The van der Waals surface area contributed by atoms with E-state index in [9.17, 15) is 9.59 Å². The summed E-state index contributed by atoms with van der Waals surface area (Å²) < 4.78 is 5.40. The van der Waals surface area contributed by atoms with E-state index >= 15 is 0 Å². The minimum atomic E-state index is -0.522. The number of rotatable bonds is 1. The zero-order chi connectivity index (χ0) is 17.5. The first kappa shape index (κ1) is 17.0. The molecule has 1 aromatic heterocycles. The van der Waals surface area contributed by atoms with Crippen LogP contribution in [0.2, 0.25) is 0 Å². The van der Waals surface area contributed by atoms with Crippen LogP contribution in [0.5, 0.6) is 0 Å². The Morgan fingerprint density at radius 3 is 2.79 bits per heavy atom. The molecule has 24 heavy (non-hydrogen) atoms. The van der Waals surface area contributed by atoms with Crippen molar-refractivity contribution in [2.75, 3.05) is 18.0 Å². The van der Waals surface area contributed by atoms with Crippen molar-refractivity contribution >= 4 is 29.5 Å². The number of aromatic nitrogens is 2. The van der Waals surface area contributed by atoms with Gasteiger partial charge in [0.2, 0.25) is 11.9 Å². The van der Waals surface area contributed by atoms with Gasteiger partial charge in [0.05, 0.1) is 17.6 Å². The van der Waals surface area contributed by atoms with Crippen molar-refractivity contribution in [3.63, 3.8) is 0 Å². The predicted molar refractivity (Wildman–Crippen MR) is 89.0 cm³/mol. The first-order valence-electron chi connectivity index (χ1n) is 8.00. The smallest absolute Gasteiger partial charge is 0.410 e. The number of halogens is 1. The van der Waals surface area contributed by atoms with E-state index in [0.717, 1.165) is 11.3 Å². The molecule has 7 nitrogen and oxygen atoms in total. The molecule has 2 amide bonds. The Morgan fingerprint density at radius 2 is 2.17 bits per heavy atom. The molecule has 0 bridgehead atoms. The van der Waals surface area contributed by atoms with Crippen LogP contribution < -0.4 is 4.90 Å². The topological polar surface area (TPSA) is 75.6 Å². The fourth-order valence-corrected chi connectivity index (χ4v) is 3.05. The number of carbonyl (C=O) groups is 2. The van der Waals surface area contributed by atoms with Crippen LogP contribution >= 0.6 is 11.6 Å². The third kappa shape index (κ3) is 3.61. The van der Waals surface area contributed by atoms with Gasteiger partial charge in [0.1, 0.15) is 5.60 Å². The maximum absolute atomic E-state index is 12.2. The predicted octanol–water partition coefficient (Wildman–Crippen LogP) is 2.11. The van der Waals surface area contributed by atoms with Crippen LogP contribution in [-0.2, 0) is 22.5 Å². The van der Waals surface area contributed by atoms with E-state index in [4.69, 9.17) is 16.3 Å². The first-order chi connectivity index (χ1) is 11.2. The molecule has 0 saturated carbocycles. The average Bonchev–Trinajstić information content (AvgIpc) is 2.83. The lowest BCUT2D eigenvalue weighted by atomic mass is 10.1. The fourth-order valence-electron chi connectivity index (χ4n) is 2.78. The Morgan fingerprint density at radius 1 is 1.42 bits per heavy atom. The molecule has 3 rings (SSSR count). The van der Waals surface area contributed by atoms with E-state index < -0.39 is 5.60 Å². The standard InChI is InChI=1S/C16H21ClN4O3/c1-16(2,3)24-15(23)20-5-4-12-10(8-20)7-18-14(19-12)21-9-11(17)6-13(21)22/h7,11H,4-6,8-9H2,1-3H3. The third-order valence-corrected chi connectivity index (χ3v) is 4.18. The molecule has 1 atom stereocenters. The Balaban J connectivity index is 1.73. The second kappa shape index (κ2) is 6.20. The maximum Gasteiger partial charge on any atom is 0.410 e. The highest BCUT2D eigenvalue weighted by Crippen LogP contribution is 2.24. The Kier molecular flexibility index (Phi) is 4.38. The van der Waals surface area contributed by atoms with Gasteiger partial charge >= 0.3 is 6.09 Å². The van der Waals surface area contributed by atoms with Crippen LogP contribution in [0.15, 0.2) is 6.20 Å². The molecule has 3 heterocycles. The molecule has 8 heteroatoms. The summed E-state index contributed by atoms with van der Waals surface area (Å²) in [5, 5.41) is -0.195. The van der Waals surface area contributed by atoms with E-state index in [-0.39, 0.29) is 17.4 Å². The van der Waals surface area contributed by atoms with E-state index in [1.54, 1.807) is 11.1 Å². The highest BCUT2D eigenvalue weighted by atomic mass is 35.5. The van der Waals surface area contributed by atoms with Crippen molar-refractivity contribution in [2.45, 2.75) is 51.1 Å². The van der Waals surface area contributed by atoms with Crippen LogP contribution in [0.4, 0.5) is 10.7 Å². The fraction of sp³-hybridized carbons (Fsp3) is 0.625. The zero-order valence-electron chi connectivity index (χ0n) is 14.1. The molecule has 130 valence electrons. The molecule has 0 aliphatic carbocycles. The summed E-state index contributed by atoms with van der Waals surface area (Å²) in [5.41, 5.74) is 1.22. The summed E-state index contributed by atoms with van der Waals surface area (Å²) >= 11 is 6.03. The first-order valence-corrected chi connectivity index (χ1v) is 8.44. The molecule has 1 unspecified atom stereocenters. The number of hydrogen-bond acceptors (Lipinski definition) is 5. The number of anilines is 1. The number of amides is 2. The van der Waals surface area contributed by atoms with Gasteiger partial charge in [-0.3, -0.25) is 9.69 Å². The van der Waals surface area contributed by atoms with Gasteiger partial charge < -0.3 is 9.64 Å². The Labute approximate surface area is 145 Å². The van der Waals surface area contributed by atoms with Crippen molar-refractivity contribution < 1.29 is 14.3 Å². The molecule has 0 spiro atoms. The summed E-state index contributed by atoms with van der Waals surface area (Å²) in [6.45, 7) is 6.91. The van der Waals surface area contributed by atoms with Crippen molar-refractivity contribution in [1.82, 2.24) is 14.9 Å². The summed E-state index contributed by atoms with van der Waals surface area (Å²) in [4.78, 5) is 36.1. The molecule has 0 radical (unpaired) electrons. The molecule has 0 N–H and O–H groups in total. The summed E-state index contributed by atoms with van der Waals surface area (Å²) in [6.07, 6.45) is 2.27. The van der Waals surface area contributed by atoms with Gasteiger partial charge in [-0.05, 0) is 20.8 Å². The summed E-state index contributed by atoms with van der Waals surface area (Å²) in [7, 11) is 0. The second-order valence-corrected chi connectivity index (χ2v) is 7.72. The number of alkyl halides is 1. The van der Waals surface area contributed by atoms with E-state index in [2.05, 4.69) is 9.97 Å². The van der Waals surface area contributed by atoms with Crippen LogP contribution in [0, 0.1) is 0 Å². The number of fused-ring (bicyclic) bond motifs is 1. The summed E-state index contributed by atoms with van der Waals surface area (Å²) in [5.74, 6) is 0.341. The monoisotopic (exact) mass is 352 g/mol. The molecular weight excluding hydrogens is 332 g/mol. The van der Waals surface area contributed by atoms with Crippen molar-refractivity contribution in [2.24, 2.45) is 0 Å². The molecule has 0 aromatic carbocycles. The van der Waals surface area contributed by atoms with Gasteiger partial charge in [-0.25, -0.2) is 14.8 Å². The van der Waals surface area contributed by atoms with Crippen molar-refractivity contribution in [3.05, 3.63) is 17.5 Å². The van der Waals surface area contributed by atoms with E-state index in [1.165, 1.54) is 4.90 Å². The normalized spacial score (nSPS) is 21.0. The molecule has 1 saturated heterocycles. The van der Waals surface area contributed by atoms with Crippen LogP contribution in [0.1, 0.15) is 38.4 Å². The third-order valence-electron chi connectivity index (χ3n) is 3.89. The lowest BCUT2D eigenvalue weighted by Gasteiger charge is -2.30. The minimum Gasteiger partial charge on any atom is -0.444 e. The lowest BCUT2D eigenvalue weighted by Crippen LogP contribution is -2.40. The molecule has 1 aromatic rings. The van der Waals surface area contributed by atoms with Gasteiger partial charge in [0.15, 0.2) is 0 Å². The van der Waals surface area contributed by atoms with Crippen molar-refractivity contribution in [3.8, 4) is 0 Å². The molecule has 2 aliphatic heterocycles. The quantitative estimate of drug-likeness (QED) is 0.723. The zero-order valence-corrected chi connectivity index (χ0v) is 14.8. The maximum atomic E-state index is 12.2. The summed E-state index contributed by atoms with van der Waals surface area (Å²) in [6, 6.07) is 0. The number of hydrogen-bond donors (Lipinski definition) is 0. The van der Waals surface area contributed by atoms with Crippen LogP contribution in [0.25, 0.3) is 0 Å². The van der Waals surface area contributed by atoms with E-state index in [1.807, 2.05) is 20.8 Å². The van der Waals surface area contributed by atoms with Crippen LogP contribution in [-0.4, -0.2) is 50.9 Å². The Bertz CT molecular complexity index is 674. The van der Waals surface area contributed by atoms with E-state index in [0.29, 0.717) is 38.4 Å². The average molecular weight is 353 g/mol. The number of ether oxygens (including phenoxy) is 1. The molecule has 1 fully saturated rings. The lowest BCUT2D eigenvalue weighted by molar-refractivity contribution is -0.117. The van der Waals surface area contributed by atoms with Gasteiger partial charge in [-0.1, -0.05) is 0 Å². The number of carbonyl (C=O) groups excluding carboxylic acids is 2. The van der Waals surface area contributed by atoms with Crippen LogP contribution in [0.3, 0.4) is 0 Å². The van der Waals surface area contributed by atoms with Gasteiger partial charge in [0, 0.05) is 37.7 Å².